The van der Waals surface area contributed by atoms with E-state index in [1.807, 2.05) is 0 Å². The molecule has 0 saturated carbocycles. The number of hydrogen-bond donors (Lipinski definition) is 1. The van der Waals surface area contributed by atoms with Gasteiger partial charge in [-0.3, -0.25) is 0 Å². The second kappa shape index (κ2) is 8.97. The summed E-state index contributed by atoms with van der Waals surface area (Å²) < 4.78 is 0. The van der Waals surface area contributed by atoms with Crippen LogP contribution < -0.4 is 5.32 Å². The summed E-state index contributed by atoms with van der Waals surface area (Å²) in [6.07, 6.45) is 2.62. The van der Waals surface area contributed by atoms with Crippen LogP contribution in [0.2, 0.25) is 0 Å². The average Bonchev–Trinajstić information content (AvgIpc) is 2.30. The topological polar surface area (TPSA) is 15.3 Å². The SMILES string of the molecule is CNC(C)C(C)(C)CN(CCC(C)C)CCC(C)C. The standard InChI is InChI=1S/C17H38N2/c1-14(2)9-11-19(12-10-15(3)4)13-17(6,7)16(5)18-8/h14-16,18H,9-13H2,1-8H3. The zero-order valence-corrected chi connectivity index (χ0v) is 14.7. The second-order valence-electron chi connectivity index (χ2n) is 7.64. The number of nitrogens with zero attached hydrogens (tertiary/aromatic N) is 1. The normalized spacial score (nSPS) is 14.7. The lowest BCUT2D eigenvalue weighted by Crippen LogP contribution is -2.46. The van der Waals surface area contributed by atoms with Crippen molar-refractivity contribution in [1.82, 2.24) is 10.2 Å². The first kappa shape index (κ1) is 18.9. The van der Waals surface area contributed by atoms with Crippen molar-refractivity contribution in [2.24, 2.45) is 17.3 Å². The number of rotatable bonds is 10. The highest BCUT2D eigenvalue weighted by Crippen LogP contribution is 2.23. The van der Waals surface area contributed by atoms with E-state index in [-0.39, 0.29) is 0 Å². The molecule has 0 bridgehead atoms. The zero-order chi connectivity index (χ0) is 15.1. The van der Waals surface area contributed by atoms with E-state index in [2.05, 4.69) is 65.7 Å². The van der Waals surface area contributed by atoms with Crippen LogP contribution in [-0.2, 0) is 0 Å². The van der Waals surface area contributed by atoms with Gasteiger partial charge in [-0.2, -0.15) is 0 Å². The maximum atomic E-state index is 3.41. The first-order chi connectivity index (χ1) is 8.69. The Morgan fingerprint density at radius 3 is 1.63 bits per heavy atom. The minimum absolute atomic E-state index is 0.322. The number of hydrogen-bond acceptors (Lipinski definition) is 2. The van der Waals surface area contributed by atoms with Crippen LogP contribution in [0.4, 0.5) is 0 Å². The van der Waals surface area contributed by atoms with Crippen LogP contribution in [0.3, 0.4) is 0 Å². The fourth-order valence-electron chi connectivity index (χ4n) is 2.26. The Bertz CT molecular complexity index is 209. The van der Waals surface area contributed by atoms with Crippen molar-refractivity contribution < 1.29 is 0 Å². The highest BCUT2D eigenvalue weighted by Gasteiger charge is 2.27. The van der Waals surface area contributed by atoms with Crippen LogP contribution in [0.5, 0.6) is 0 Å². The Balaban J connectivity index is 4.46. The molecule has 1 atom stereocenters. The van der Waals surface area contributed by atoms with Crippen LogP contribution in [0, 0.1) is 17.3 Å². The monoisotopic (exact) mass is 270 g/mol. The highest BCUT2D eigenvalue weighted by atomic mass is 15.1. The van der Waals surface area contributed by atoms with Crippen molar-refractivity contribution in [3.63, 3.8) is 0 Å². The summed E-state index contributed by atoms with van der Waals surface area (Å²) in [4.78, 5) is 2.67. The van der Waals surface area contributed by atoms with Gasteiger partial charge in [0.05, 0.1) is 0 Å². The molecule has 116 valence electrons. The maximum Gasteiger partial charge on any atom is 0.00991 e. The van der Waals surface area contributed by atoms with E-state index in [4.69, 9.17) is 0 Å². The summed E-state index contributed by atoms with van der Waals surface area (Å²) >= 11 is 0. The minimum Gasteiger partial charge on any atom is -0.317 e. The van der Waals surface area contributed by atoms with Crippen LogP contribution in [0.1, 0.15) is 61.3 Å². The van der Waals surface area contributed by atoms with Gasteiger partial charge in [-0.05, 0) is 57.2 Å². The molecular formula is C17H38N2. The van der Waals surface area contributed by atoms with Crippen LogP contribution in [0.25, 0.3) is 0 Å². The summed E-state index contributed by atoms with van der Waals surface area (Å²) in [5, 5.41) is 3.41. The molecule has 0 aliphatic carbocycles. The van der Waals surface area contributed by atoms with Gasteiger partial charge in [0.1, 0.15) is 0 Å². The van der Waals surface area contributed by atoms with Crippen LogP contribution >= 0.6 is 0 Å². The molecule has 0 heterocycles. The summed E-state index contributed by atoms with van der Waals surface area (Å²) in [6.45, 7) is 20.0. The molecule has 0 aromatic heterocycles. The van der Waals surface area contributed by atoms with Gasteiger partial charge in [0, 0.05) is 12.6 Å². The van der Waals surface area contributed by atoms with E-state index in [0.717, 1.165) is 11.8 Å². The Kier molecular flexibility index (Phi) is 8.93. The molecule has 0 aliphatic rings. The largest absolute Gasteiger partial charge is 0.317 e. The van der Waals surface area contributed by atoms with Gasteiger partial charge < -0.3 is 10.2 Å². The molecule has 0 aliphatic heterocycles. The lowest BCUT2D eigenvalue weighted by atomic mass is 9.84. The molecule has 1 unspecified atom stereocenters. The molecule has 0 amide bonds. The van der Waals surface area contributed by atoms with Gasteiger partial charge in [-0.15, -0.1) is 0 Å². The van der Waals surface area contributed by atoms with Crippen molar-refractivity contribution in [2.75, 3.05) is 26.7 Å². The molecule has 2 heteroatoms. The molecule has 1 N–H and O–H groups in total. The molecule has 0 spiro atoms. The summed E-state index contributed by atoms with van der Waals surface area (Å²) in [5.41, 5.74) is 0.322. The molecule has 0 aromatic carbocycles. The van der Waals surface area contributed by atoms with E-state index in [0.29, 0.717) is 11.5 Å². The Hall–Kier alpha value is -0.0800. The molecule has 2 nitrogen and oxygen atoms in total. The van der Waals surface area contributed by atoms with Gasteiger partial charge in [0.2, 0.25) is 0 Å². The third-order valence-electron chi connectivity index (χ3n) is 4.28. The van der Waals surface area contributed by atoms with Crippen LogP contribution in [0.15, 0.2) is 0 Å². The first-order valence-electron chi connectivity index (χ1n) is 8.08. The molecule has 0 fully saturated rings. The van der Waals surface area contributed by atoms with Crippen molar-refractivity contribution in [1.29, 1.82) is 0 Å². The van der Waals surface area contributed by atoms with E-state index in [9.17, 15) is 0 Å². The smallest absolute Gasteiger partial charge is 0.00991 e. The van der Waals surface area contributed by atoms with Gasteiger partial charge in [0.25, 0.3) is 0 Å². The Morgan fingerprint density at radius 2 is 1.32 bits per heavy atom. The van der Waals surface area contributed by atoms with Crippen molar-refractivity contribution in [2.45, 2.75) is 67.3 Å². The van der Waals surface area contributed by atoms with E-state index >= 15 is 0 Å². The third-order valence-corrected chi connectivity index (χ3v) is 4.28. The summed E-state index contributed by atoms with van der Waals surface area (Å²) in [5.74, 6) is 1.60. The van der Waals surface area contributed by atoms with E-state index in [1.54, 1.807) is 0 Å². The maximum absolute atomic E-state index is 3.41. The highest BCUT2D eigenvalue weighted by molar-refractivity contribution is 4.83. The zero-order valence-electron chi connectivity index (χ0n) is 14.7. The first-order valence-corrected chi connectivity index (χ1v) is 8.08. The van der Waals surface area contributed by atoms with Crippen molar-refractivity contribution in [3.8, 4) is 0 Å². The fraction of sp³-hybridized carbons (Fsp3) is 1.00. The lowest BCUT2D eigenvalue weighted by molar-refractivity contribution is 0.136. The van der Waals surface area contributed by atoms with Crippen molar-refractivity contribution in [3.05, 3.63) is 0 Å². The van der Waals surface area contributed by atoms with Gasteiger partial charge in [0.15, 0.2) is 0 Å². The molecule has 0 aromatic rings. The second-order valence-corrected chi connectivity index (χ2v) is 7.64. The van der Waals surface area contributed by atoms with Gasteiger partial charge >= 0.3 is 0 Å². The van der Waals surface area contributed by atoms with Crippen molar-refractivity contribution >= 4 is 0 Å². The molecule has 0 rings (SSSR count). The van der Waals surface area contributed by atoms with E-state index < -0.39 is 0 Å². The molecule has 19 heavy (non-hydrogen) atoms. The third kappa shape index (κ3) is 8.65. The average molecular weight is 271 g/mol. The lowest BCUT2D eigenvalue weighted by Gasteiger charge is -2.37. The quantitative estimate of drug-likeness (QED) is 0.645. The van der Waals surface area contributed by atoms with Gasteiger partial charge in [-0.25, -0.2) is 0 Å². The predicted octanol–water partition coefficient (Wildman–Crippen LogP) is 4.01. The fourth-order valence-corrected chi connectivity index (χ4v) is 2.26. The summed E-state index contributed by atoms with van der Waals surface area (Å²) in [6, 6.07) is 0.549. The number of nitrogens with one attached hydrogen (secondary N) is 1. The molecule has 0 saturated heterocycles. The summed E-state index contributed by atoms with van der Waals surface area (Å²) in [7, 11) is 2.07. The Labute approximate surface area is 122 Å². The minimum atomic E-state index is 0.322. The molecule has 0 radical (unpaired) electrons. The predicted molar refractivity (Wildman–Crippen MR) is 87.7 cm³/mol. The van der Waals surface area contributed by atoms with E-state index in [1.165, 1.54) is 32.5 Å². The molecular weight excluding hydrogens is 232 g/mol. The van der Waals surface area contributed by atoms with Gasteiger partial charge in [-0.1, -0.05) is 41.5 Å². The van der Waals surface area contributed by atoms with Crippen LogP contribution in [-0.4, -0.2) is 37.6 Å². The Morgan fingerprint density at radius 1 is 0.895 bits per heavy atom.